The van der Waals surface area contributed by atoms with E-state index in [1.54, 1.807) is 30.3 Å². The highest BCUT2D eigenvalue weighted by Gasteiger charge is 2.33. The number of fused-ring (bicyclic) bond motifs is 3. The lowest BCUT2D eigenvalue weighted by Crippen LogP contribution is -2.31. The number of hydrogen-bond donors (Lipinski definition) is 0. The van der Waals surface area contributed by atoms with Gasteiger partial charge in [0, 0.05) is 23.7 Å². The van der Waals surface area contributed by atoms with Crippen molar-refractivity contribution < 1.29 is 18.7 Å². The Morgan fingerprint density at radius 2 is 1.87 bits per heavy atom. The lowest BCUT2D eigenvalue weighted by atomic mass is 10.0. The Bertz CT molecular complexity index is 1190. The third-order valence-corrected chi connectivity index (χ3v) is 5.59. The summed E-state index contributed by atoms with van der Waals surface area (Å²) >= 11 is 6.29. The molecule has 0 fully saturated rings. The van der Waals surface area contributed by atoms with Crippen LogP contribution in [0.2, 0.25) is 5.02 Å². The second-order valence-electron chi connectivity index (χ2n) is 7.23. The van der Waals surface area contributed by atoms with Crippen molar-refractivity contribution in [3.05, 3.63) is 99.5 Å². The lowest BCUT2D eigenvalue weighted by Gasteiger charge is -2.30. The van der Waals surface area contributed by atoms with E-state index in [4.69, 9.17) is 21.1 Å². The number of ketones is 1. The minimum Gasteiger partial charge on any atom is -0.478 e. The predicted octanol–water partition coefficient (Wildman–Crippen LogP) is 5.45. The molecule has 0 unspecified atom stereocenters. The summed E-state index contributed by atoms with van der Waals surface area (Å²) in [6.45, 7) is 1.56. The summed E-state index contributed by atoms with van der Waals surface area (Å²) in [6, 6.07) is 17.4. The van der Waals surface area contributed by atoms with Crippen molar-refractivity contribution in [2.24, 2.45) is 0 Å². The molecule has 5 rings (SSSR count). The number of allylic oxidation sites excluding steroid dienone is 1. The van der Waals surface area contributed by atoms with Crippen LogP contribution in [-0.2, 0) is 13.1 Å². The fourth-order valence-electron chi connectivity index (χ4n) is 3.71. The number of carbonyl (C=O) groups is 1. The molecule has 0 bridgehead atoms. The molecule has 3 aromatic carbocycles. The molecule has 0 aliphatic carbocycles. The highest BCUT2D eigenvalue weighted by atomic mass is 35.5. The molecule has 0 saturated heterocycles. The monoisotopic (exact) mass is 421 g/mol. The third kappa shape index (κ3) is 3.36. The quantitative estimate of drug-likeness (QED) is 0.527. The molecule has 2 heterocycles. The normalized spacial score (nSPS) is 16.7. The topological polar surface area (TPSA) is 38.8 Å². The van der Waals surface area contributed by atoms with E-state index in [2.05, 4.69) is 4.90 Å². The van der Waals surface area contributed by atoms with Gasteiger partial charge in [0.05, 0.1) is 11.1 Å². The van der Waals surface area contributed by atoms with Crippen LogP contribution in [0.25, 0.3) is 6.08 Å². The Morgan fingerprint density at radius 3 is 2.70 bits per heavy atom. The molecule has 0 spiro atoms. The van der Waals surface area contributed by atoms with Crippen LogP contribution in [0, 0.1) is 5.82 Å². The Morgan fingerprint density at radius 1 is 1.07 bits per heavy atom. The van der Waals surface area contributed by atoms with Crippen LogP contribution >= 0.6 is 11.6 Å². The molecular weight excluding hydrogens is 405 g/mol. The Hall–Kier alpha value is -3.15. The van der Waals surface area contributed by atoms with Crippen LogP contribution < -0.4 is 9.47 Å². The third-order valence-electron chi connectivity index (χ3n) is 5.23. The highest BCUT2D eigenvalue weighted by molar-refractivity contribution is 6.31. The molecule has 0 N–H and O–H groups in total. The second-order valence-corrected chi connectivity index (χ2v) is 7.64. The van der Waals surface area contributed by atoms with Gasteiger partial charge in [0.15, 0.2) is 5.76 Å². The zero-order valence-corrected chi connectivity index (χ0v) is 16.7. The lowest BCUT2D eigenvalue weighted by molar-refractivity contribution is 0.0873. The molecule has 6 heteroatoms. The van der Waals surface area contributed by atoms with Gasteiger partial charge in [0.25, 0.3) is 0 Å². The molecule has 0 amide bonds. The summed E-state index contributed by atoms with van der Waals surface area (Å²) in [5.74, 6) is 0.590. The van der Waals surface area contributed by atoms with Gasteiger partial charge in [0.1, 0.15) is 24.0 Å². The van der Waals surface area contributed by atoms with Crippen LogP contribution in [0.15, 0.2) is 66.4 Å². The highest BCUT2D eigenvalue weighted by Crippen LogP contribution is 2.42. The number of ether oxygens (including phenoxy) is 2. The molecule has 0 aromatic heterocycles. The van der Waals surface area contributed by atoms with Gasteiger partial charge in [-0.3, -0.25) is 9.69 Å². The standard InChI is InChI=1S/C24H17ClFNO3/c25-19-7-3-1-6-16(19)12-27-13-18-21(29-14-27)10-9-17-23(28)22(30-24(17)18)11-15-5-2-4-8-20(15)26/h1-11H,12-14H2/b22-11-. The molecule has 0 radical (unpaired) electrons. The van der Waals surface area contributed by atoms with Crippen molar-refractivity contribution in [1.29, 1.82) is 0 Å². The molecule has 0 saturated carbocycles. The van der Waals surface area contributed by atoms with E-state index in [0.717, 1.165) is 11.1 Å². The first kappa shape index (κ1) is 18.9. The summed E-state index contributed by atoms with van der Waals surface area (Å²) in [4.78, 5) is 14.9. The van der Waals surface area contributed by atoms with Crippen LogP contribution in [-0.4, -0.2) is 17.4 Å². The van der Waals surface area contributed by atoms with Gasteiger partial charge < -0.3 is 9.47 Å². The van der Waals surface area contributed by atoms with Crippen LogP contribution in [0.3, 0.4) is 0 Å². The molecule has 2 aliphatic rings. The summed E-state index contributed by atoms with van der Waals surface area (Å²) < 4.78 is 25.8. The van der Waals surface area contributed by atoms with Crippen molar-refractivity contribution in [1.82, 2.24) is 4.90 Å². The van der Waals surface area contributed by atoms with Gasteiger partial charge in [-0.05, 0) is 35.9 Å². The Kier molecular flexibility index (Phi) is 4.77. The average molecular weight is 422 g/mol. The smallest absolute Gasteiger partial charge is 0.231 e. The van der Waals surface area contributed by atoms with Crippen molar-refractivity contribution in [3.8, 4) is 11.5 Å². The maximum Gasteiger partial charge on any atom is 0.231 e. The minimum atomic E-state index is -0.409. The number of nitrogens with zero attached hydrogens (tertiary/aromatic N) is 1. The van der Waals surface area contributed by atoms with E-state index >= 15 is 0 Å². The van der Waals surface area contributed by atoms with Crippen LogP contribution in [0.1, 0.15) is 27.0 Å². The van der Waals surface area contributed by atoms with E-state index in [0.29, 0.717) is 47.5 Å². The molecule has 4 nitrogen and oxygen atoms in total. The average Bonchev–Trinajstić information content (AvgIpc) is 3.07. The van der Waals surface area contributed by atoms with Gasteiger partial charge in [-0.25, -0.2) is 4.39 Å². The van der Waals surface area contributed by atoms with Gasteiger partial charge in [-0.15, -0.1) is 0 Å². The largest absolute Gasteiger partial charge is 0.478 e. The Labute approximate surface area is 178 Å². The predicted molar refractivity (Wildman–Crippen MR) is 112 cm³/mol. The summed E-state index contributed by atoms with van der Waals surface area (Å²) in [6.07, 6.45) is 1.44. The minimum absolute atomic E-state index is 0.103. The first-order valence-electron chi connectivity index (χ1n) is 9.53. The van der Waals surface area contributed by atoms with E-state index in [9.17, 15) is 9.18 Å². The fraction of sp³-hybridized carbons (Fsp3) is 0.125. The number of Topliss-reactive ketones (excluding diaryl/α,β-unsaturated/α-hetero) is 1. The number of carbonyl (C=O) groups excluding carboxylic acids is 1. The van der Waals surface area contributed by atoms with Gasteiger partial charge in [-0.1, -0.05) is 48.0 Å². The SMILES string of the molecule is O=C1/C(=C/c2ccccc2F)Oc2c1ccc1c2CN(Cc2ccccc2Cl)CO1. The molecule has 2 aliphatic heterocycles. The van der Waals surface area contributed by atoms with Crippen molar-refractivity contribution in [2.75, 3.05) is 6.73 Å². The molecular formula is C24H17ClFNO3. The van der Waals surface area contributed by atoms with Crippen molar-refractivity contribution in [3.63, 3.8) is 0 Å². The number of halogens is 2. The van der Waals surface area contributed by atoms with E-state index in [1.807, 2.05) is 24.3 Å². The number of rotatable bonds is 3. The van der Waals surface area contributed by atoms with E-state index in [1.165, 1.54) is 12.1 Å². The van der Waals surface area contributed by atoms with Gasteiger partial charge >= 0.3 is 0 Å². The first-order valence-corrected chi connectivity index (χ1v) is 9.91. The zero-order chi connectivity index (χ0) is 20.7. The number of benzene rings is 3. The molecule has 30 heavy (non-hydrogen) atoms. The Balaban J connectivity index is 1.45. The molecule has 0 atom stereocenters. The molecule has 150 valence electrons. The van der Waals surface area contributed by atoms with Crippen LogP contribution in [0.4, 0.5) is 4.39 Å². The van der Waals surface area contributed by atoms with Crippen molar-refractivity contribution in [2.45, 2.75) is 13.1 Å². The van der Waals surface area contributed by atoms with E-state index < -0.39 is 5.82 Å². The molecule has 3 aromatic rings. The second kappa shape index (κ2) is 7.59. The maximum absolute atomic E-state index is 14.0. The van der Waals surface area contributed by atoms with Gasteiger partial charge in [-0.2, -0.15) is 0 Å². The van der Waals surface area contributed by atoms with Gasteiger partial charge in [0.2, 0.25) is 5.78 Å². The van der Waals surface area contributed by atoms with Crippen LogP contribution in [0.5, 0.6) is 11.5 Å². The fourth-order valence-corrected chi connectivity index (χ4v) is 3.90. The summed E-state index contributed by atoms with van der Waals surface area (Å²) in [5, 5.41) is 0.697. The van der Waals surface area contributed by atoms with E-state index in [-0.39, 0.29) is 11.5 Å². The summed E-state index contributed by atoms with van der Waals surface area (Å²) in [5.41, 5.74) is 2.56. The van der Waals surface area contributed by atoms with Crippen molar-refractivity contribution >= 4 is 23.5 Å². The zero-order valence-electron chi connectivity index (χ0n) is 15.9. The first-order chi connectivity index (χ1) is 14.6. The summed E-state index contributed by atoms with van der Waals surface area (Å²) in [7, 11) is 0. The maximum atomic E-state index is 14.0. The number of hydrogen-bond acceptors (Lipinski definition) is 4.